The van der Waals surface area contributed by atoms with Gasteiger partial charge in [0.1, 0.15) is 5.82 Å². The van der Waals surface area contributed by atoms with Gasteiger partial charge in [0.05, 0.1) is 11.4 Å². The van der Waals surface area contributed by atoms with Gasteiger partial charge in [-0.2, -0.15) is 0 Å². The average Bonchev–Trinajstić information content (AvgIpc) is 3.33. The van der Waals surface area contributed by atoms with Crippen LogP contribution < -0.4 is 0 Å². The molecule has 1 heterocycles. The molecule has 198 valence electrons. The number of imidazole rings is 1. The van der Waals surface area contributed by atoms with Crippen LogP contribution in [-0.2, 0) is 26.2 Å². The maximum absolute atomic E-state index is 14.2. The van der Waals surface area contributed by atoms with Gasteiger partial charge >= 0.3 is 0 Å². The zero-order chi connectivity index (χ0) is 27.0. The Kier molecular flexibility index (Phi) is 8.59. The maximum Gasteiger partial charge on any atom is 0.159 e. The van der Waals surface area contributed by atoms with Crippen molar-refractivity contribution in [1.82, 2.24) is 14.5 Å². The fourth-order valence-electron chi connectivity index (χ4n) is 4.96. The van der Waals surface area contributed by atoms with Crippen molar-refractivity contribution < 1.29 is 8.78 Å². The molecular weight excluding hydrogens is 488 g/mol. The van der Waals surface area contributed by atoms with E-state index in [1.807, 2.05) is 54.6 Å². The molecule has 0 bridgehead atoms. The predicted octanol–water partition coefficient (Wildman–Crippen LogP) is 8.50. The van der Waals surface area contributed by atoms with Crippen molar-refractivity contribution in [3.63, 3.8) is 0 Å². The summed E-state index contributed by atoms with van der Waals surface area (Å²) >= 11 is 0. The second-order valence-corrected chi connectivity index (χ2v) is 9.85. The van der Waals surface area contributed by atoms with E-state index in [4.69, 9.17) is 4.98 Å². The van der Waals surface area contributed by atoms with E-state index in [2.05, 4.69) is 52.8 Å². The quantitative estimate of drug-likeness (QED) is 0.174. The van der Waals surface area contributed by atoms with Crippen LogP contribution in [0.3, 0.4) is 0 Å². The Balaban J connectivity index is 1.61. The number of benzene rings is 4. The minimum absolute atomic E-state index is 0.472. The normalized spacial score (nSPS) is 11.3. The van der Waals surface area contributed by atoms with Crippen LogP contribution in [0.4, 0.5) is 8.78 Å². The van der Waals surface area contributed by atoms with E-state index >= 15 is 0 Å². The highest BCUT2D eigenvalue weighted by Gasteiger charge is 2.22. The summed E-state index contributed by atoms with van der Waals surface area (Å²) in [6, 6.07) is 35.0. The molecule has 1 aromatic heterocycles. The first-order valence-corrected chi connectivity index (χ1v) is 13.5. The van der Waals surface area contributed by atoms with Crippen LogP contribution in [0.15, 0.2) is 109 Å². The van der Waals surface area contributed by atoms with E-state index in [1.165, 1.54) is 12.1 Å². The highest BCUT2D eigenvalue weighted by molar-refractivity contribution is 5.68. The minimum Gasteiger partial charge on any atom is -0.326 e. The molecule has 0 atom stereocenters. The Morgan fingerprint density at radius 1 is 0.667 bits per heavy atom. The lowest BCUT2D eigenvalue weighted by molar-refractivity contribution is 0.241. The smallest absolute Gasteiger partial charge is 0.159 e. The summed E-state index contributed by atoms with van der Waals surface area (Å²) in [5, 5.41) is 0. The number of nitrogens with zero attached hydrogens (tertiary/aromatic N) is 3. The molecule has 0 amide bonds. The van der Waals surface area contributed by atoms with Crippen molar-refractivity contribution in [2.24, 2.45) is 0 Å². The molecule has 0 unspecified atom stereocenters. The van der Waals surface area contributed by atoms with Crippen LogP contribution in [0.25, 0.3) is 22.6 Å². The van der Waals surface area contributed by atoms with Gasteiger partial charge in [0.25, 0.3) is 0 Å². The molecule has 5 aromatic rings. The summed E-state index contributed by atoms with van der Waals surface area (Å²) < 4.78 is 30.2. The first kappa shape index (κ1) is 26.5. The van der Waals surface area contributed by atoms with Crippen molar-refractivity contribution in [1.29, 1.82) is 0 Å². The Labute approximate surface area is 229 Å². The third-order valence-electron chi connectivity index (χ3n) is 6.90. The molecule has 0 radical (unpaired) electrons. The van der Waals surface area contributed by atoms with Gasteiger partial charge in [-0.15, -0.1) is 0 Å². The molecule has 3 nitrogen and oxygen atoms in total. The summed E-state index contributed by atoms with van der Waals surface area (Å²) in [6.07, 6.45) is 2.09. The van der Waals surface area contributed by atoms with Crippen LogP contribution in [-0.4, -0.2) is 14.5 Å². The van der Waals surface area contributed by atoms with Gasteiger partial charge in [0.2, 0.25) is 0 Å². The van der Waals surface area contributed by atoms with Crippen LogP contribution >= 0.6 is 0 Å². The van der Waals surface area contributed by atoms with Crippen molar-refractivity contribution in [2.45, 2.75) is 45.9 Å². The molecule has 0 aliphatic carbocycles. The van der Waals surface area contributed by atoms with Crippen LogP contribution in [0, 0.1) is 11.6 Å². The molecule has 4 aromatic carbocycles. The fourth-order valence-corrected chi connectivity index (χ4v) is 4.96. The van der Waals surface area contributed by atoms with E-state index in [9.17, 15) is 8.78 Å². The van der Waals surface area contributed by atoms with Crippen molar-refractivity contribution in [2.75, 3.05) is 0 Å². The number of hydrogen-bond acceptors (Lipinski definition) is 2. The van der Waals surface area contributed by atoms with Gasteiger partial charge in [-0.05, 0) is 29.7 Å². The molecule has 0 fully saturated rings. The van der Waals surface area contributed by atoms with Crippen molar-refractivity contribution in [3.8, 4) is 22.6 Å². The monoisotopic (exact) mass is 521 g/mol. The Morgan fingerprint density at radius 3 is 1.92 bits per heavy atom. The third-order valence-corrected chi connectivity index (χ3v) is 6.90. The first-order valence-electron chi connectivity index (χ1n) is 13.5. The zero-order valence-corrected chi connectivity index (χ0v) is 22.2. The van der Waals surface area contributed by atoms with Gasteiger partial charge < -0.3 is 4.57 Å². The summed E-state index contributed by atoms with van der Waals surface area (Å²) in [5.74, 6) is -0.702. The molecule has 5 heteroatoms. The Bertz CT molecular complexity index is 1480. The number of aromatic nitrogens is 2. The second kappa shape index (κ2) is 12.6. The van der Waals surface area contributed by atoms with E-state index in [0.717, 1.165) is 58.9 Å². The summed E-state index contributed by atoms with van der Waals surface area (Å²) in [4.78, 5) is 7.50. The zero-order valence-electron chi connectivity index (χ0n) is 22.2. The molecule has 5 rings (SSSR count). The Morgan fingerprint density at radius 2 is 1.28 bits per heavy atom. The van der Waals surface area contributed by atoms with Gasteiger partial charge in [-0.25, -0.2) is 13.8 Å². The lowest BCUT2D eigenvalue weighted by Crippen LogP contribution is -2.24. The van der Waals surface area contributed by atoms with Crippen LogP contribution in [0.2, 0.25) is 0 Å². The fraction of sp³-hybridized carbons (Fsp3) is 0.206. The number of rotatable bonds is 11. The van der Waals surface area contributed by atoms with Crippen LogP contribution in [0.5, 0.6) is 0 Å². The van der Waals surface area contributed by atoms with E-state index in [1.54, 1.807) is 6.07 Å². The Hall–Kier alpha value is -4.09. The van der Waals surface area contributed by atoms with Gasteiger partial charge in [-0.3, -0.25) is 4.90 Å². The van der Waals surface area contributed by atoms with Crippen LogP contribution in [0.1, 0.15) is 36.6 Å². The molecule has 39 heavy (non-hydrogen) atoms. The number of hydrogen-bond donors (Lipinski definition) is 0. The minimum atomic E-state index is -0.829. The topological polar surface area (TPSA) is 21.1 Å². The first-order chi connectivity index (χ1) is 19.1. The number of halogens is 2. The summed E-state index contributed by atoms with van der Waals surface area (Å²) in [5.41, 5.74) is 6.10. The molecule has 0 aliphatic heterocycles. The summed E-state index contributed by atoms with van der Waals surface area (Å²) in [6.45, 7) is 4.78. The molecule has 0 aliphatic rings. The predicted molar refractivity (Wildman–Crippen MR) is 154 cm³/mol. The molecule has 0 saturated heterocycles. The van der Waals surface area contributed by atoms with Gasteiger partial charge in [0, 0.05) is 37.3 Å². The molecule has 0 N–H and O–H groups in total. The van der Waals surface area contributed by atoms with E-state index in [-0.39, 0.29) is 0 Å². The maximum atomic E-state index is 14.2. The highest BCUT2D eigenvalue weighted by Crippen LogP contribution is 2.32. The van der Waals surface area contributed by atoms with E-state index in [0.29, 0.717) is 19.6 Å². The van der Waals surface area contributed by atoms with E-state index < -0.39 is 11.6 Å². The van der Waals surface area contributed by atoms with Gasteiger partial charge in [0.15, 0.2) is 11.6 Å². The standard InChI is InChI=1S/C34H33F2N3/c1-2-3-21-39-32(33(28-15-9-5-10-16-28)37-34(39)29-17-11-6-12-18-29)25-38(23-26-13-7-4-8-14-26)24-27-19-20-30(35)31(36)22-27/h4-20,22H,2-3,21,23-25H2,1H3. The summed E-state index contributed by atoms with van der Waals surface area (Å²) in [7, 11) is 0. The third kappa shape index (κ3) is 6.50. The van der Waals surface area contributed by atoms with Gasteiger partial charge in [-0.1, -0.05) is 110 Å². The SMILES string of the molecule is CCCCn1c(-c2ccccc2)nc(-c2ccccc2)c1CN(Cc1ccccc1)Cc1ccc(F)c(F)c1. The van der Waals surface area contributed by atoms with Crippen molar-refractivity contribution in [3.05, 3.63) is 138 Å². The van der Waals surface area contributed by atoms with Crippen molar-refractivity contribution >= 4 is 0 Å². The highest BCUT2D eigenvalue weighted by atomic mass is 19.2. The average molecular weight is 522 g/mol. The molecule has 0 spiro atoms. The number of unbranched alkanes of at least 4 members (excludes halogenated alkanes) is 1. The lowest BCUT2D eigenvalue weighted by Gasteiger charge is -2.24. The molecular formula is C34H33F2N3. The lowest BCUT2D eigenvalue weighted by atomic mass is 10.1. The largest absolute Gasteiger partial charge is 0.326 e. The second-order valence-electron chi connectivity index (χ2n) is 9.85. The molecule has 0 saturated carbocycles.